The number of hydrogen-bond acceptors (Lipinski definition) is 6. The van der Waals surface area contributed by atoms with Crippen molar-refractivity contribution in [1.82, 2.24) is 24.9 Å². The second-order valence-corrected chi connectivity index (χ2v) is 9.30. The van der Waals surface area contributed by atoms with Crippen LogP contribution in [0.2, 0.25) is 0 Å². The second-order valence-electron chi connectivity index (χ2n) is 9.30. The summed E-state index contributed by atoms with van der Waals surface area (Å²) in [6, 6.07) is 3.22. The van der Waals surface area contributed by atoms with Crippen LogP contribution >= 0.6 is 0 Å². The molecule has 29 heavy (non-hydrogen) atoms. The third-order valence-electron chi connectivity index (χ3n) is 6.93. The molecule has 1 unspecified atom stereocenters. The van der Waals surface area contributed by atoms with E-state index in [1.165, 1.54) is 64.2 Å². The molecular weight excluding hydrogens is 362 g/mol. The van der Waals surface area contributed by atoms with Crippen LogP contribution in [-0.4, -0.2) is 51.3 Å². The fraction of sp³-hybridized carbons (Fsp3) is 0.773. The van der Waals surface area contributed by atoms with Gasteiger partial charge in [0.1, 0.15) is 11.6 Å². The first-order chi connectivity index (χ1) is 14.3. The zero-order valence-corrected chi connectivity index (χ0v) is 17.7. The second kappa shape index (κ2) is 8.46. The Kier molecular flexibility index (Phi) is 5.57. The topological polar surface area (TPSA) is 70.4 Å². The minimum atomic E-state index is 0.475. The van der Waals surface area contributed by atoms with Gasteiger partial charge in [0.15, 0.2) is 5.82 Å². The van der Waals surface area contributed by atoms with Crippen LogP contribution in [0.15, 0.2) is 6.07 Å². The molecule has 2 N–H and O–H groups in total. The number of fused-ring (bicyclic) bond motifs is 1. The standard InChI is InChI=1S/C22H35N7/c1-16-15-28(13-12-23-16)20-14-19(24-18-10-6-3-7-11-18)25-22-26-21(27-29(20)22)17-8-4-2-5-9-17/h14,16-18,23H,2-13,15H2,1H3,(H,24,25,26,27). The molecule has 1 saturated heterocycles. The molecule has 5 rings (SSSR count). The summed E-state index contributed by atoms with van der Waals surface area (Å²) in [5, 5.41) is 12.2. The molecule has 2 aromatic rings. The number of piperazine rings is 1. The number of aromatic nitrogens is 4. The highest BCUT2D eigenvalue weighted by Gasteiger charge is 2.25. The normalized spacial score (nSPS) is 24.9. The van der Waals surface area contributed by atoms with Crippen molar-refractivity contribution in [2.24, 2.45) is 0 Å². The van der Waals surface area contributed by atoms with Gasteiger partial charge in [0, 0.05) is 43.7 Å². The van der Waals surface area contributed by atoms with Gasteiger partial charge >= 0.3 is 0 Å². The lowest BCUT2D eigenvalue weighted by atomic mass is 9.89. The van der Waals surface area contributed by atoms with E-state index in [4.69, 9.17) is 15.1 Å². The van der Waals surface area contributed by atoms with E-state index in [2.05, 4.69) is 28.5 Å². The lowest BCUT2D eigenvalue weighted by molar-refractivity contribution is 0.428. The molecular formula is C22H35N7. The van der Waals surface area contributed by atoms with Crippen LogP contribution < -0.4 is 15.5 Å². The van der Waals surface area contributed by atoms with E-state index >= 15 is 0 Å². The average Bonchev–Trinajstić information content (AvgIpc) is 3.19. The van der Waals surface area contributed by atoms with Gasteiger partial charge in [-0.05, 0) is 32.6 Å². The average molecular weight is 398 g/mol. The van der Waals surface area contributed by atoms with Crippen LogP contribution in [0.4, 0.5) is 11.6 Å². The van der Waals surface area contributed by atoms with Crippen molar-refractivity contribution in [2.45, 2.75) is 89.1 Å². The van der Waals surface area contributed by atoms with Gasteiger partial charge in [-0.15, -0.1) is 5.10 Å². The molecule has 7 nitrogen and oxygen atoms in total. The van der Waals surface area contributed by atoms with Crippen molar-refractivity contribution in [3.63, 3.8) is 0 Å². The SMILES string of the molecule is CC1CN(c2cc(NC3CCCCC3)nc3nc(C4CCCCC4)nn23)CCN1. The first kappa shape index (κ1) is 19.1. The van der Waals surface area contributed by atoms with E-state index in [-0.39, 0.29) is 0 Å². The quantitative estimate of drug-likeness (QED) is 0.819. The number of anilines is 2. The maximum absolute atomic E-state index is 4.98. The Hall–Kier alpha value is -1.89. The fourth-order valence-corrected chi connectivity index (χ4v) is 5.30. The maximum atomic E-state index is 4.98. The molecule has 7 heteroatoms. The highest BCUT2D eigenvalue weighted by Crippen LogP contribution is 2.32. The minimum Gasteiger partial charge on any atom is -0.367 e. The molecule has 3 fully saturated rings. The summed E-state index contributed by atoms with van der Waals surface area (Å²) in [5.41, 5.74) is 0. The third-order valence-corrected chi connectivity index (χ3v) is 6.93. The summed E-state index contributed by atoms with van der Waals surface area (Å²) >= 11 is 0. The first-order valence-corrected chi connectivity index (χ1v) is 11.8. The summed E-state index contributed by atoms with van der Waals surface area (Å²) in [5.74, 6) is 4.35. The van der Waals surface area contributed by atoms with Crippen molar-refractivity contribution in [3.05, 3.63) is 11.9 Å². The molecule has 2 aromatic heterocycles. The summed E-state index contributed by atoms with van der Waals surface area (Å²) < 4.78 is 2.01. The van der Waals surface area contributed by atoms with Gasteiger partial charge in [0.2, 0.25) is 0 Å². The van der Waals surface area contributed by atoms with Crippen LogP contribution in [0, 0.1) is 0 Å². The van der Waals surface area contributed by atoms with Gasteiger partial charge in [-0.2, -0.15) is 14.5 Å². The molecule has 3 aliphatic rings. The lowest BCUT2D eigenvalue weighted by Crippen LogP contribution is -2.49. The van der Waals surface area contributed by atoms with E-state index in [9.17, 15) is 0 Å². The lowest BCUT2D eigenvalue weighted by Gasteiger charge is -2.33. The van der Waals surface area contributed by atoms with Gasteiger partial charge in [0.25, 0.3) is 5.78 Å². The highest BCUT2D eigenvalue weighted by atomic mass is 15.4. The number of rotatable bonds is 4. The Bertz CT molecular complexity index is 820. The van der Waals surface area contributed by atoms with Crippen molar-refractivity contribution in [1.29, 1.82) is 0 Å². The molecule has 0 aromatic carbocycles. The molecule has 2 saturated carbocycles. The Morgan fingerprint density at radius 2 is 1.76 bits per heavy atom. The summed E-state index contributed by atoms with van der Waals surface area (Å²) in [7, 11) is 0. The van der Waals surface area contributed by atoms with Crippen LogP contribution in [0.3, 0.4) is 0 Å². The molecule has 0 amide bonds. The Balaban J connectivity index is 1.49. The van der Waals surface area contributed by atoms with E-state index in [1.807, 2.05) is 4.52 Å². The molecule has 158 valence electrons. The van der Waals surface area contributed by atoms with E-state index in [1.54, 1.807) is 0 Å². The number of nitrogens with one attached hydrogen (secondary N) is 2. The zero-order chi connectivity index (χ0) is 19.6. The summed E-state index contributed by atoms with van der Waals surface area (Å²) in [6.45, 7) is 5.23. The van der Waals surface area contributed by atoms with E-state index in [0.29, 0.717) is 18.0 Å². The van der Waals surface area contributed by atoms with Crippen molar-refractivity contribution < 1.29 is 0 Å². The predicted octanol–water partition coefficient (Wildman–Crippen LogP) is 3.71. The van der Waals surface area contributed by atoms with Gasteiger partial charge in [-0.25, -0.2) is 0 Å². The van der Waals surface area contributed by atoms with Gasteiger partial charge in [-0.3, -0.25) is 0 Å². The highest BCUT2D eigenvalue weighted by molar-refractivity contribution is 5.56. The Morgan fingerprint density at radius 1 is 1.00 bits per heavy atom. The first-order valence-electron chi connectivity index (χ1n) is 11.8. The number of hydrogen-bond donors (Lipinski definition) is 2. The van der Waals surface area contributed by atoms with E-state index in [0.717, 1.165) is 42.9 Å². The van der Waals surface area contributed by atoms with Gasteiger partial charge in [-0.1, -0.05) is 38.5 Å². The largest absolute Gasteiger partial charge is 0.367 e. The number of nitrogens with zero attached hydrogens (tertiary/aromatic N) is 5. The Morgan fingerprint density at radius 3 is 2.52 bits per heavy atom. The van der Waals surface area contributed by atoms with Crippen LogP contribution in [0.1, 0.15) is 82.9 Å². The molecule has 0 bridgehead atoms. The minimum absolute atomic E-state index is 0.475. The molecule has 1 atom stereocenters. The smallest absolute Gasteiger partial charge is 0.256 e. The molecule has 0 spiro atoms. The summed E-state index contributed by atoms with van der Waals surface area (Å²) in [4.78, 5) is 12.3. The van der Waals surface area contributed by atoms with Crippen LogP contribution in [-0.2, 0) is 0 Å². The molecule has 3 heterocycles. The Labute approximate surface area is 173 Å². The zero-order valence-electron chi connectivity index (χ0n) is 17.7. The van der Waals surface area contributed by atoms with Crippen molar-refractivity contribution >= 4 is 17.4 Å². The van der Waals surface area contributed by atoms with Gasteiger partial charge < -0.3 is 15.5 Å². The monoisotopic (exact) mass is 397 g/mol. The van der Waals surface area contributed by atoms with Crippen LogP contribution in [0.5, 0.6) is 0 Å². The van der Waals surface area contributed by atoms with E-state index < -0.39 is 0 Å². The van der Waals surface area contributed by atoms with Crippen molar-refractivity contribution in [2.75, 3.05) is 29.9 Å². The van der Waals surface area contributed by atoms with Crippen molar-refractivity contribution in [3.8, 4) is 0 Å². The molecule has 0 radical (unpaired) electrons. The maximum Gasteiger partial charge on any atom is 0.256 e. The molecule has 1 aliphatic heterocycles. The fourth-order valence-electron chi connectivity index (χ4n) is 5.30. The third kappa shape index (κ3) is 4.20. The summed E-state index contributed by atoms with van der Waals surface area (Å²) in [6.07, 6.45) is 12.9. The predicted molar refractivity (Wildman–Crippen MR) is 117 cm³/mol. The molecule has 2 aliphatic carbocycles. The van der Waals surface area contributed by atoms with Gasteiger partial charge in [0.05, 0.1) is 0 Å². The van der Waals surface area contributed by atoms with Crippen LogP contribution in [0.25, 0.3) is 5.78 Å².